The lowest BCUT2D eigenvalue weighted by Gasteiger charge is -2.50. The molecule has 0 bridgehead atoms. The Morgan fingerprint density at radius 2 is 1.93 bits per heavy atom. The lowest BCUT2D eigenvalue weighted by atomic mass is 9.70. The van der Waals surface area contributed by atoms with Crippen LogP contribution in [0.25, 0.3) is 0 Å². The molecule has 2 amide bonds. The SMILES string of the molecule is Cc1cccnc1NC(=O)[C@@H]1c2ccccc2C(=O)N(CC(C)C)C12CCCC2. The molecule has 1 aromatic heterocycles. The van der Waals surface area contributed by atoms with Gasteiger partial charge in [0.25, 0.3) is 5.91 Å². The number of aryl methyl sites for hydroxylation is 1. The minimum atomic E-state index is -0.456. The molecule has 5 nitrogen and oxygen atoms in total. The molecular weight excluding hydrogens is 362 g/mol. The van der Waals surface area contributed by atoms with Gasteiger partial charge in [-0.25, -0.2) is 4.98 Å². The van der Waals surface area contributed by atoms with Gasteiger partial charge in [-0.3, -0.25) is 9.59 Å². The van der Waals surface area contributed by atoms with Crippen molar-refractivity contribution in [2.24, 2.45) is 5.92 Å². The van der Waals surface area contributed by atoms with E-state index in [9.17, 15) is 9.59 Å². The number of benzene rings is 1. The average molecular weight is 392 g/mol. The van der Waals surface area contributed by atoms with Crippen LogP contribution >= 0.6 is 0 Å². The molecule has 1 fully saturated rings. The smallest absolute Gasteiger partial charge is 0.254 e. The maximum Gasteiger partial charge on any atom is 0.254 e. The highest BCUT2D eigenvalue weighted by atomic mass is 16.2. The first-order valence-electron chi connectivity index (χ1n) is 10.6. The number of hydrogen-bond acceptors (Lipinski definition) is 3. The van der Waals surface area contributed by atoms with E-state index in [0.29, 0.717) is 23.8 Å². The van der Waals surface area contributed by atoms with Gasteiger partial charge < -0.3 is 10.2 Å². The molecular formula is C24H29N3O2. The highest BCUT2D eigenvalue weighted by Crippen LogP contribution is 2.50. The highest BCUT2D eigenvalue weighted by Gasteiger charge is 2.55. The van der Waals surface area contributed by atoms with Crippen molar-refractivity contribution in [3.63, 3.8) is 0 Å². The van der Waals surface area contributed by atoms with Crippen molar-refractivity contribution in [2.75, 3.05) is 11.9 Å². The van der Waals surface area contributed by atoms with Crippen LogP contribution < -0.4 is 5.32 Å². The molecule has 0 unspecified atom stereocenters. The molecule has 29 heavy (non-hydrogen) atoms. The van der Waals surface area contributed by atoms with E-state index in [1.807, 2.05) is 48.2 Å². The van der Waals surface area contributed by atoms with Gasteiger partial charge in [-0.15, -0.1) is 0 Å². The Hall–Kier alpha value is -2.69. The van der Waals surface area contributed by atoms with E-state index in [2.05, 4.69) is 24.1 Å². The molecule has 5 heteroatoms. The van der Waals surface area contributed by atoms with Crippen molar-refractivity contribution in [3.05, 3.63) is 59.3 Å². The summed E-state index contributed by atoms with van der Waals surface area (Å²) in [5, 5.41) is 3.07. The molecule has 2 aliphatic rings. The lowest BCUT2D eigenvalue weighted by Crippen LogP contribution is -2.60. The van der Waals surface area contributed by atoms with Crippen molar-refractivity contribution in [1.82, 2.24) is 9.88 Å². The second kappa shape index (κ2) is 7.62. The van der Waals surface area contributed by atoms with Crippen molar-refractivity contribution in [3.8, 4) is 0 Å². The van der Waals surface area contributed by atoms with Gasteiger partial charge in [-0.2, -0.15) is 0 Å². The number of pyridine rings is 1. The summed E-state index contributed by atoms with van der Waals surface area (Å²) in [7, 11) is 0. The van der Waals surface area contributed by atoms with Crippen LogP contribution in [-0.2, 0) is 4.79 Å². The molecule has 1 aliphatic carbocycles. The van der Waals surface area contributed by atoms with E-state index < -0.39 is 5.54 Å². The zero-order valence-electron chi connectivity index (χ0n) is 17.4. The molecule has 152 valence electrons. The van der Waals surface area contributed by atoms with Gasteiger partial charge in [0.15, 0.2) is 0 Å². The summed E-state index contributed by atoms with van der Waals surface area (Å²) in [5.74, 6) is 0.537. The number of carbonyl (C=O) groups excluding carboxylic acids is 2. The monoisotopic (exact) mass is 391 g/mol. The number of hydrogen-bond donors (Lipinski definition) is 1. The number of anilines is 1. The quantitative estimate of drug-likeness (QED) is 0.832. The Labute approximate surface area is 172 Å². The zero-order valence-corrected chi connectivity index (χ0v) is 17.4. The minimum Gasteiger partial charge on any atom is -0.332 e. The molecule has 4 rings (SSSR count). The Morgan fingerprint density at radius 1 is 1.21 bits per heavy atom. The van der Waals surface area contributed by atoms with Gasteiger partial charge in [0, 0.05) is 18.3 Å². The highest BCUT2D eigenvalue weighted by molar-refractivity contribution is 6.05. The van der Waals surface area contributed by atoms with Gasteiger partial charge in [-0.05, 0) is 48.9 Å². The number of aromatic nitrogens is 1. The van der Waals surface area contributed by atoms with Crippen LogP contribution in [0.1, 0.15) is 66.9 Å². The zero-order chi connectivity index (χ0) is 20.6. The van der Waals surface area contributed by atoms with Crippen LogP contribution in [0.2, 0.25) is 0 Å². The van der Waals surface area contributed by atoms with E-state index in [-0.39, 0.29) is 17.7 Å². The molecule has 1 saturated carbocycles. The first-order valence-corrected chi connectivity index (χ1v) is 10.6. The van der Waals surface area contributed by atoms with Crippen molar-refractivity contribution in [1.29, 1.82) is 0 Å². The van der Waals surface area contributed by atoms with Gasteiger partial charge in [-0.1, -0.05) is 51.0 Å². The van der Waals surface area contributed by atoms with Gasteiger partial charge in [0.1, 0.15) is 5.82 Å². The molecule has 1 aliphatic heterocycles. The fourth-order valence-corrected chi connectivity index (χ4v) is 5.10. The maximum absolute atomic E-state index is 13.7. The predicted molar refractivity (Wildman–Crippen MR) is 114 cm³/mol. The second-order valence-electron chi connectivity index (χ2n) is 8.80. The van der Waals surface area contributed by atoms with Crippen LogP contribution in [0.15, 0.2) is 42.6 Å². The Balaban J connectivity index is 1.82. The Kier molecular flexibility index (Phi) is 5.15. The van der Waals surface area contributed by atoms with E-state index >= 15 is 0 Å². The van der Waals surface area contributed by atoms with Gasteiger partial charge >= 0.3 is 0 Å². The molecule has 0 saturated heterocycles. The number of rotatable bonds is 4. The molecule has 1 atom stereocenters. The summed E-state index contributed by atoms with van der Waals surface area (Å²) in [6, 6.07) is 11.4. The van der Waals surface area contributed by atoms with E-state index in [4.69, 9.17) is 0 Å². The summed E-state index contributed by atoms with van der Waals surface area (Å²) < 4.78 is 0. The molecule has 1 aromatic carbocycles. The first kappa shape index (κ1) is 19.6. The van der Waals surface area contributed by atoms with Crippen LogP contribution in [-0.4, -0.2) is 33.8 Å². The number of amides is 2. The lowest BCUT2D eigenvalue weighted by molar-refractivity contribution is -0.121. The van der Waals surface area contributed by atoms with E-state index in [1.54, 1.807) is 6.20 Å². The number of fused-ring (bicyclic) bond motifs is 1. The standard InChI is InChI=1S/C24H29N3O2/c1-16(2)15-27-23(29)19-11-5-4-10-18(19)20(24(27)12-6-7-13-24)22(28)26-21-17(3)9-8-14-25-21/h4-5,8-11,14,16,20H,6-7,12-13,15H2,1-3H3,(H,25,26,28)/t20-/m0/s1. The largest absolute Gasteiger partial charge is 0.332 e. The number of nitrogens with zero attached hydrogens (tertiary/aromatic N) is 2. The molecule has 2 aromatic rings. The van der Waals surface area contributed by atoms with Crippen LogP contribution in [0.4, 0.5) is 5.82 Å². The molecule has 1 spiro atoms. The second-order valence-corrected chi connectivity index (χ2v) is 8.80. The average Bonchev–Trinajstić information content (AvgIpc) is 3.17. The topological polar surface area (TPSA) is 62.3 Å². The fourth-order valence-electron chi connectivity index (χ4n) is 5.10. The summed E-state index contributed by atoms with van der Waals surface area (Å²) in [6.07, 6.45) is 5.49. The van der Waals surface area contributed by atoms with Gasteiger partial charge in [0.05, 0.1) is 11.5 Å². The van der Waals surface area contributed by atoms with Crippen LogP contribution in [0, 0.1) is 12.8 Å². The number of carbonyl (C=O) groups is 2. The molecule has 0 radical (unpaired) electrons. The van der Waals surface area contributed by atoms with E-state index in [1.165, 1.54) is 0 Å². The Bertz CT molecular complexity index is 931. The van der Waals surface area contributed by atoms with Crippen molar-refractivity contribution >= 4 is 17.6 Å². The third-order valence-electron chi connectivity index (χ3n) is 6.35. The maximum atomic E-state index is 13.7. The fraction of sp³-hybridized carbons (Fsp3) is 0.458. The van der Waals surface area contributed by atoms with Gasteiger partial charge in [0.2, 0.25) is 5.91 Å². The summed E-state index contributed by atoms with van der Waals surface area (Å²) >= 11 is 0. The third kappa shape index (κ3) is 3.33. The third-order valence-corrected chi connectivity index (χ3v) is 6.35. The summed E-state index contributed by atoms with van der Waals surface area (Å²) in [5.41, 5.74) is 1.98. The summed E-state index contributed by atoms with van der Waals surface area (Å²) in [6.45, 7) is 6.86. The molecule has 2 heterocycles. The van der Waals surface area contributed by atoms with Crippen molar-refractivity contribution < 1.29 is 9.59 Å². The Morgan fingerprint density at radius 3 is 2.62 bits per heavy atom. The van der Waals surface area contributed by atoms with Crippen LogP contribution in [0.5, 0.6) is 0 Å². The summed E-state index contributed by atoms with van der Waals surface area (Å²) in [4.78, 5) is 33.5. The molecule has 1 N–H and O–H groups in total. The van der Waals surface area contributed by atoms with Crippen LogP contribution in [0.3, 0.4) is 0 Å². The number of nitrogens with one attached hydrogen (secondary N) is 1. The first-order chi connectivity index (χ1) is 13.9. The normalized spacial score (nSPS) is 20.2. The minimum absolute atomic E-state index is 0.0641. The van der Waals surface area contributed by atoms with Crippen molar-refractivity contribution in [2.45, 2.75) is 57.9 Å². The van der Waals surface area contributed by atoms with E-state index in [0.717, 1.165) is 36.8 Å². The predicted octanol–water partition coefficient (Wildman–Crippen LogP) is 4.54.